The molecule has 0 unspecified atom stereocenters. The number of fused-ring (bicyclic) bond motifs is 2. The van der Waals surface area contributed by atoms with Crippen LogP contribution in [0.25, 0.3) is 10.9 Å². The van der Waals surface area contributed by atoms with Gasteiger partial charge in [0.1, 0.15) is 5.78 Å². The molecule has 1 fully saturated rings. The molecule has 1 aliphatic heterocycles. The monoisotopic (exact) mass is 418 g/mol. The van der Waals surface area contributed by atoms with Crippen LogP contribution in [0.3, 0.4) is 0 Å². The molecular weight excluding hydrogens is 388 g/mol. The van der Waals surface area contributed by atoms with E-state index in [1.165, 1.54) is 16.6 Å². The first-order valence-electron chi connectivity index (χ1n) is 11.1. The first-order valence-corrected chi connectivity index (χ1v) is 11.1. The predicted octanol–water partition coefficient (Wildman–Crippen LogP) is 4.47. The molecule has 0 atom stereocenters. The van der Waals surface area contributed by atoms with Gasteiger partial charge in [-0.3, -0.25) is 4.79 Å². The highest BCUT2D eigenvalue weighted by Gasteiger charge is 2.50. The molecule has 5 nitrogen and oxygen atoms in total. The van der Waals surface area contributed by atoms with Gasteiger partial charge in [-0.25, -0.2) is 0 Å². The molecule has 2 aromatic carbocycles. The second-order valence-corrected chi connectivity index (χ2v) is 9.86. The number of carbonyl (C=O) groups excluding carboxylic acids is 1. The van der Waals surface area contributed by atoms with E-state index in [1.54, 1.807) is 0 Å². The van der Waals surface area contributed by atoms with E-state index in [1.807, 2.05) is 18.2 Å². The zero-order valence-electron chi connectivity index (χ0n) is 18.5. The zero-order chi connectivity index (χ0) is 21.8. The molecule has 2 N–H and O–H groups in total. The molecule has 1 saturated carbocycles. The van der Waals surface area contributed by atoms with Crippen molar-refractivity contribution < 1.29 is 14.3 Å². The Morgan fingerprint density at radius 3 is 2.55 bits per heavy atom. The lowest BCUT2D eigenvalue weighted by Gasteiger charge is -2.21. The average molecular weight is 419 g/mol. The molecule has 5 heteroatoms. The van der Waals surface area contributed by atoms with Gasteiger partial charge in [-0.15, -0.1) is 0 Å². The Balaban J connectivity index is 1.43. The second-order valence-electron chi connectivity index (χ2n) is 9.86. The van der Waals surface area contributed by atoms with Crippen LogP contribution >= 0.6 is 0 Å². The van der Waals surface area contributed by atoms with Crippen molar-refractivity contribution in [3.63, 3.8) is 0 Å². The van der Waals surface area contributed by atoms with Crippen LogP contribution in [0.15, 0.2) is 42.5 Å². The van der Waals surface area contributed by atoms with Crippen LogP contribution in [0, 0.1) is 0 Å². The minimum atomic E-state index is -0.377. The summed E-state index contributed by atoms with van der Waals surface area (Å²) in [6.07, 6.45) is 2.24. The van der Waals surface area contributed by atoms with Gasteiger partial charge in [-0.2, -0.15) is 0 Å². The van der Waals surface area contributed by atoms with Crippen LogP contribution < -0.4 is 15.2 Å². The highest BCUT2D eigenvalue weighted by molar-refractivity contribution is 5.95. The van der Waals surface area contributed by atoms with Crippen LogP contribution in [-0.4, -0.2) is 23.7 Å². The summed E-state index contributed by atoms with van der Waals surface area (Å²) in [5.74, 6) is 1.78. The van der Waals surface area contributed by atoms with Crippen LogP contribution in [0.1, 0.15) is 50.4 Å². The normalized spacial score (nSPS) is 16.6. The van der Waals surface area contributed by atoms with E-state index >= 15 is 0 Å². The first kappa shape index (κ1) is 20.1. The van der Waals surface area contributed by atoms with Gasteiger partial charge in [-0.1, -0.05) is 32.9 Å². The third-order valence-corrected chi connectivity index (χ3v) is 6.66. The summed E-state index contributed by atoms with van der Waals surface area (Å²) >= 11 is 0. The average Bonchev–Trinajstić information content (AvgIpc) is 3.27. The Kier molecular flexibility index (Phi) is 4.63. The number of benzene rings is 2. The number of hydrogen-bond acceptors (Lipinski definition) is 4. The molecule has 31 heavy (non-hydrogen) atoms. The Bertz CT molecular complexity index is 1170. The smallest absolute Gasteiger partial charge is 0.231 e. The summed E-state index contributed by atoms with van der Waals surface area (Å²) in [5.41, 5.74) is 10.1. The van der Waals surface area contributed by atoms with Gasteiger partial charge in [-0.05, 0) is 54.3 Å². The van der Waals surface area contributed by atoms with Crippen LogP contribution in [0.5, 0.6) is 11.5 Å². The third kappa shape index (κ3) is 3.41. The number of aromatic nitrogens is 1. The van der Waals surface area contributed by atoms with Gasteiger partial charge in [0.25, 0.3) is 0 Å². The van der Waals surface area contributed by atoms with Crippen molar-refractivity contribution >= 4 is 16.7 Å². The van der Waals surface area contributed by atoms with Crippen LogP contribution in [0.2, 0.25) is 0 Å². The molecule has 5 rings (SSSR count). The highest BCUT2D eigenvalue weighted by atomic mass is 16.7. The van der Waals surface area contributed by atoms with Gasteiger partial charge in [0.2, 0.25) is 6.79 Å². The van der Waals surface area contributed by atoms with E-state index in [9.17, 15) is 4.79 Å². The summed E-state index contributed by atoms with van der Waals surface area (Å²) in [6, 6.07) is 14.6. The maximum absolute atomic E-state index is 13.4. The van der Waals surface area contributed by atoms with Crippen molar-refractivity contribution in [2.45, 2.75) is 57.4 Å². The molecule has 0 radical (unpaired) electrons. The highest BCUT2D eigenvalue weighted by Crippen LogP contribution is 2.51. The fourth-order valence-electron chi connectivity index (χ4n) is 4.82. The van der Waals surface area contributed by atoms with Crippen LogP contribution in [-0.2, 0) is 28.6 Å². The fraction of sp³-hybridized carbons (Fsp3) is 0.423. The Labute approximate surface area is 183 Å². The number of ether oxygens (including phenoxy) is 2. The van der Waals surface area contributed by atoms with Crippen molar-refractivity contribution in [1.29, 1.82) is 0 Å². The molecule has 0 saturated heterocycles. The van der Waals surface area contributed by atoms with E-state index in [4.69, 9.17) is 15.2 Å². The molecule has 1 aromatic heterocycles. The number of nitrogens with zero attached hydrogens (tertiary/aromatic N) is 1. The summed E-state index contributed by atoms with van der Waals surface area (Å²) in [4.78, 5) is 13.4. The van der Waals surface area contributed by atoms with Crippen molar-refractivity contribution in [3.8, 4) is 11.5 Å². The van der Waals surface area contributed by atoms with Crippen molar-refractivity contribution in [3.05, 3.63) is 59.3 Å². The first-order chi connectivity index (χ1) is 14.8. The minimum absolute atomic E-state index is 0.0294. The standard InChI is InChI=1S/C26H30N2O3/c1-25(2,3)23-14-18-12-17(4-6-20(18)28(23)11-10-27)13-24(29)26(8-9-26)19-5-7-21-22(15-19)31-16-30-21/h4-7,12,14-15H,8-11,13,16,27H2,1-3H3. The van der Waals surface area contributed by atoms with Crippen molar-refractivity contribution in [2.24, 2.45) is 5.73 Å². The Hall–Kier alpha value is -2.79. The topological polar surface area (TPSA) is 66.5 Å². The SMILES string of the molecule is CC(C)(C)c1cc2cc(CC(=O)C3(c4ccc5c(c4)OCO5)CC3)ccc2n1CCN. The van der Waals surface area contributed by atoms with Crippen molar-refractivity contribution in [2.75, 3.05) is 13.3 Å². The lowest BCUT2D eigenvalue weighted by Crippen LogP contribution is -2.22. The number of ketones is 1. The van der Waals surface area contributed by atoms with E-state index in [0.29, 0.717) is 13.0 Å². The maximum atomic E-state index is 13.4. The van der Waals surface area contributed by atoms with E-state index in [-0.39, 0.29) is 23.4 Å². The molecule has 1 aliphatic carbocycles. The molecule has 0 amide bonds. The molecule has 2 aliphatic rings. The quantitative estimate of drug-likeness (QED) is 0.641. The van der Waals surface area contributed by atoms with Gasteiger partial charge < -0.3 is 19.8 Å². The van der Waals surface area contributed by atoms with E-state index < -0.39 is 0 Å². The van der Waals surface area contributed by atoms with E-state index in [2.05, 4.69) is 49.6 Å². The maximum Gasteiger partial charge on any atom is 0.231 e. The van der Waals surface area contributed by atoms with Crippen LogP contribution in [0.4, 0.5) is 0 Å². The number of Topliss-reactive ketones (excluding diaryl/α,β-unsaturated/α-hetero) is 1. The fourth-order valence-corrected chi connectivity index (χ4v) is 4.82. The van der Waals surface area contributed by atoms with Crippen molar-refractivity contribution in [1.82, 2.24) is 4.57 Å². The van der Waals surface area contributed by atoms with E-state index in [0.717, 1.165) is 42.0 Å². The molecule has 0 spiro atoms. The Morgan fingerprint density at radius 1 is 1.06 bits per heavy atom. The zero-order valence-corrected chi connectivity index (χ0v) is 18.5. The number of nitrogens with two attached hydrogens (primary N) is 1. The largest absolute Gasteiger partial charge is 0.454 e. The molecular formula is C26H30N2O3. The number of hydrogen-bond donors (Lipinski definition) is 1. The number of rotatable bonds is 6. The minimum Gasteiger partial charge on any atom is -0.454 e. The van der Waals surface area contributed by atoms with Gasteiger partial charge in [0.05, 0.1) is 5.41 Å². The molecule has 162 valence electrons. The number of carbonyl (C=O) groups is 1. The third-order valence-electron chi connectivity index (χ3n) is 6.66. The molecule has 2 heterocycles. The second kappa shape index (κ2) is 7.13. The summed E-state index contributed by atoms with van der Waals surface area (Å²) in [7, 11) is 0. The summed E-state index contributed by atoms with van der Waals surface area (Å²) < 4.78 is 13.3. The summed E-state index contributed by atoms with van der Waals surface area (Å²) in [6.45, 7) is 8.31. The molecule has 0 bridgehead atoms. The van der Waals surface area contributed by atoms with Gasteiger partial charge in [0.15, 0.2) is 11.5 Å². The molecule has 3 aromatic rings. The summed E-state index contributed by atoms with van der Waals surface area (Å²) in [5, 5.41) is 1.18. The van der Waals surface area contributed by atoms with Gasteiger partial charge >= 0.3 is 0 Å². The van der Waals surface area contributed by atoms with Gasteiger partial charge in [0, 0.05) is 41.5 Å². The lowest BCUT2D eigenvalue weighted by atomic mass is 9.87. The predicted molar refractivity (Wildman–Crippen MR) is 122 cm³/mol. The Morgan fingerprint density at radius 2 is 1.84 bits per heavy atom. The lowest BCUT2D eigenvalue weighted by molar-refractivity contribution is -0.120.